The number of carbonyl (C=O) groups is 1. The summed E-state index contributed by atoms with van der Waals surface area (Å²) in [4.78, 5) is 10.6. The fourth-order valence-corrected chi connectivity index (χ4v) is 1.39. The number of rotatable bonds is 7. The monoisotopic (exact) mass is 186 g/mol. The second-order valence-electron chi connectivity index (χ2n) is 3.95. The molecule has 0 aliphatic carbocycles. The van der Waals surface area contributed by atoms with E-state index in [0.29, 0.717) is 5.92 Å². The molecule has 0 saturated carbocycles. The first-order chi connectivity index (χ1) is 6.09. The predicted octanol–water partition coefficient (Wildman–Crippen LogP) is 3.31. The number of unbranched alkanes of at least 4 members (excludes halogenated alkanes) is 3. The molecule has 0 aromatic rings. The summed E-state index contributed by atoms with van der Waals surface area (Å²) in [5.41, 5.74) is 0. The highest BCUT2D eigenvalue weighted by Crippen LogP contribution is 2.18. The van der Waals surface area contributed by atoms with Gasteiger partial charge in [-0.05, 0) is 12.3 Å². The van der Waals surface area contributed by atoms with Gasteiger partial charge in [-0.25, -0.2) is 0 Å². The summed E-state index contributed by atoms with van der Waals surface area (Å²) >= 11 is 0. The number of carboxylic acids is 1. The van der Waals surface area contributed by atoms with E-state index >= 15 is 0 Å². The van der Waals surface area contributed by atoms with E-state index in [1.54, 1.807) is 6.92 Å². The molecule has 0 aromatic carbocycles. The Labute approximate surface area is 81.3 Å². The Morgan fingerprint density at radius 3 is 2.31 bits per heavy atom. The normalized spacial score (nSPS) is 15.3. The van der Waals surface area contributed by atoms with Gasteiger partial charge >= 0.3 is 5.97 Å². The van der Waals surface area contributed by atoms with E-state index in [1.165, 1.54) is 25.7 Å². The first kappa shape index (κ1) is 12.5. The zero-order valence-corrected chi connectivity index (χ0v) is 9.05. The lowest BCUT2D eigenvalue weighted by molar-refractivity contribution is -0.142. The van der Waals surface area contributed by atoms with Crippen molar-refractivity contribution < 1.29 is 9.90 Å². The molecule has 2 atom stereocenters. The van der Waals surface area contributed by atoms with Gasteiger partial charge in [0, 0.05) is 0 Å². The predicted molar refractivity (Wildman–Crippen MR) is 54.7 cm³/mol. The van der Waals surface area contributed by atoms with Gasteiger partial charge in [-0.1, -0.05) is 46.5 Å². The molecule has 0 aromatic heterocycles. The van der Waals surface area contributed by atoms with Crippen LogP contribution in [-0.2, 0) is 4.79 Å². The molecule has 2 unspecified atom stereocenters. The topological polar surface area (TPSA) is 37.3 Å². The summed E-state index contributed by atoms with van der Waals surface area (Å²) in [5.74, 6) is -0.543. The smallest absolute Gasteiger partial charge is 0.306 e. The molecule has 0 saturated heterocycles. The molecule has 0 aliphatic rings. The van der Waals surface area contributed by atoms with Crippen molar-refractivity contribution in [2.45, 2.75) is 52.9 Å². The van der Waals surface area contributed by atoms with Crippen LogP contribution in [0.5, 0.6) is 0 Å². The van der Waals surface area contributed by atoms with Crippen LogP contribution >= 0.6 is 0 Å². The Morgan fingerprint density at radius 1 is 1.23 bits per heavy atom. The average Bonchev–Trinajstić information content (AvgIpc) is 2.10. The minimum atomic E-state index is -0.664. The molecule has 0 radical (unpaired) electrons. The summed E-state index contributed by atoms with van der Waals surface area (Å²) in [5, 5.41) is 8.76. The van der Waals surface area contributed by atoms with E-state index in [-0.39, 0.29) is 5.92 Å². The molecule has 2 heteroatoms. The summed E-state index contributed by atoms with van der Waals surface area (Å²) in [6.07, 6.45) is 5.98. The quantitative estimate of drug-likeness (QED) is 0.619. The average molecular weight is 186 g/mol. The Kier molecular flexibility index (Phi) is 6.65. The van der Waals surface area contributed by atoms with Crippen LogP contribution < -0.4 is 0 Å². The molecule has 0 fully saturated rings. The SMILES string of the molecule is CCCCCCC(C)C(C)C(=O)O. The molecule has 0 bridgehead atoms. The number of hydrogen-bond acceptors (Lipinski definition) is 1. The molecule has 0 amide bonds. The summed E-state index contributed by atoms with van der Waals surface area (Å²) in [6, 6.07) is 0. The van der Waals surface area contributed by atoms with Crippen molar-refractivity contribution in [2.24, 2.45) is 11.8 Å². The lowest BCUT2D eigenvalue weighted by atomic mass is 9.91. The number of aliphatic carboxylic acids is 1. The molecule has 78 valence electrons. The third kappa shape index (κ3) is 5.67. The van der Waals surface area contributed by atoms with Crippen LogP contribution in [0.15, 0.2) is 0 Å². The summed E-state index contributed by atoms with van der Waals surface area (Å²) < 4.78 is 0. The fourth-order valence-electron chi connectivity index (χ4n) is 1.39. The van der Waals surface area contributed by atoms with Gasteiger partial charge in [-0.2, -0.15) is 0 Å². The Hall–Kier alpha value is -0.530. The highest BCUT2D eigenvalue weighted by Gasteiger charge is 2.18. The lowest BCUT2D eigenvalue weighted by Crippen LogP contribution is -2.17. The van der Waals surface area contributed by atoms with Crippen LogP contribution in [-0.4, -0.2) is 11.1 Å². The molecule has 0 rings (SSSR count). The van der Waals surface area contributed by atoms with Crippen molar-refractivity contribution in [3.63, 3.8) is 0 Å². The van der Waals surface area contributed by atoms with Crippen LogP contribution in [0.3, 0.4) is 0 Å². The Balaban J connectivity index is 3.50. The van der Waals surface area contributed by atoms with Crippen molar-refractivity contribution in [1.82, 2.24) is 0 Å². The maximum absolute atomic E-state index is 10.6. The number of carboxylic acid groups (broad SMARTS) is 1. The molecule has 1 N–H and O–H groups in total. The highest BCUT2D eigenvalue weighted by atomic mass is 16.4. The molecule has 0 spiro atoms. The van der Waals surface area contributed by atoms with Gasteiger partial charge in [0.05, 0.1) is 5.92 Å². The standard InChI is InChI=1S/C11H22O2/c1-4-5-6-7-8-9(2)10(3)11(12)13/h9-10H,4-8H2,1-3H3,(H,12,13). The van der Waals surface area contributed by atoms with Gasteiger partial charge in [-0.3, -0.25) is 4.79 Å². The van der Waals surface area contributed by atoms with Crippen molar-refractivity contribution in [1.29, 1.82) is 0 Å². The summed E-state index contributed by atoms with van der Waals surface area (Å²) in [7, 11) is 0. The van der Waals surface area contributed by atoms with Gasteiger partial charge in [0.1, 0.15) is 0 Å². The van der Waals surface area contributed by atoms with E-state index in [1.807, 2.05) is 6.92 Å². The van der Waals surface area contributed by atoms with Crippen LogP contribution in [0.4, 0.5) is 0 Å². The van der Waals surface area contributed by atoms with Crippen molar-refractivity contribution in [3.8, 4) is 0 Å². The van der Waals surface area contributed by atoms with Crippen LogP contribution in [0.1, 0.15) is 52.9 Å². The molecule has 0 heterocycles. The first-order valence-electron chi connectivity index (χ1n) is 5.32. The van der Waals surface area contributed by atoms with E-state index in [0.717, 1.165) is 6.42 Å². The third-order valence-corrected chi connectivity index (χ3v) is 2.76. The fraction of sp³-hybridized carbons (Fsp3) is 0.909. The van der Waals surface area contributed by atoms with Crippen LogP contribution in [0, 0.1) is 11.8 Å². The molecule has 0 aliphatic heterocycles. The van der Waals surface area contributed by atoms with E-state index in [2.05, 4.69) is 6.92 Å². The van der Waals surface area contributed by atoms with Crippen LogP contribution in [0.25, 0.3) is 0 Å². The highest BCUT2D eigenvalue weighted by molar-refractivity contribution is 5.69. The van der Waals surface area contributed by atoms with E-state index < -0.39 is 5.97 Å². The van der Waals surface area contributed by atoms with E-state index in [9.17, 15) is 4.79 Å². The lowest BCUT2D eigenvalue weighted by Gasteiger charge is -2.15. The van der Waals surface area contributed by atoms with E-state index in [4.69, 9.17) is 5.11 Å². The zero-order valence-electron chi connectivity index (χ0n) is 9.05. The summed E-state index contributed by atoms with van der Waals surface area (Å²) in [6.45, 7) is 6.01. The second-order valence-corrected chi connectivity index (χ2v) is 3.95. The first-order valence-corrected chi connectivity index (χ1v) is 5.32. The van der Waals surface area contributed by atoms with Crippen molar-refractivity contribution >= 4 is 5.97 Å². The second kappa shape index (κ2) is 6.93. The maximum atomic E-state index is 10.6. The van der Waals surface area contributed by atoms with Crippen LogP contribution in [0.2, 0.25) is 0 Å². The van der Waals surface area contributed by atoms with Gasteiger partial charge in [0.25, 0.3) is 0 Å². The minimum Gasteiger partial charge on any atom is -0.481 e. The van der Waals surface area contributed by atoms with Crippen molar-refractivity contribution in [2.75, 3.05) is 0 Å². The van der Waals surface area contributed by atoms with Gasteiger partial charge in [-0.15, -0.1) is 0 Å². The Bertz CT molecular complexity index is 143. The van der Waals surface area contributed by atoms with Gasteiger partial charge in [0.2, 0.25) is 0 Å². The zero-order chi connectivity index (χ0) is 10.3. The largest absolute Gasteiger partial charge is 0.481 e. The maximum Gasteiger partial charge on any atom is 0.306 e. The molecular formula is C11H22O2. The number of hydrogen-bond donors (Lipinski definition) is 1. The van der Waals surface area contributed by atoms with Gasteiger partial charge in [0.15, 0.2) is 0 Å². The van der Waals surface area contributed by atoms with Gasteiger partial charge < -0.3 is 5.11 Å². The Morgan fingerprint density at radius 2 is 1.85 bits per heavy atom. The molecule has 13 heavy (non-hydrogen) atoms. The third-order valence-electron chi connectivity index (χ3n) is 2.76. The van der Waals surface area contributed by atoms with Crippen molar-refractivity contribution in [3.05, 3.63) is 0 Å². The molecule has 2 nitrogen and oxygen atoms in total. The molecular weight excluding hydrogens is 164 g/mol. The minimum absolute atomic E-state index is 0.193.